The maximum absolute atomic E-state index is 13.0. The van der Waals surface area contributed by atoms with Crippen molar-refractivity contribution >= 4 is 17.5 Å². The Morgan fingerprint density at radius 1 is 1.13 bits per heavy atom. The number of amides is 2. The highest BCUT2D eigenvalue weighted by Gasteiger charge is 2.34. The molecule has 158 valence electrons. The number of hydrogen-bond acceptors (Lipinski definition) is 3. The molecular weight excluding hydrogens is 376 g/mol. The van der Waals surface area contributed by atoms with Crippen molar-refractivity contribution in [3.63, 3.8) is 0 Å². The smallest absolute Gasteiger partial charge is 0.240 e. The first kappa shape index (κ1) is 20.5. The predicted octanol–water partition coefficient (Wildman–Crippen LogP) is 4.27. The van der Waals surface area contributed by atoms with Crippen LogP contribution in [0, 0.1) is 11.8 Å². The summed E-state index contributed by atoms with van der Waals surface area (Å²) in [4.78, 5) is 27.1. The van der Waals surface area contributed by atoms with E-state index in [2.05, 4.69) is 43.4 Å². The van der Waals surface area contributed by atoms with Gasteiger partial charge in [-0.25, -0.2) is 0 Å². The SMILES string of the molecule is CC(C)Cc1ccc(C(NC(=O)CN2C(=O)CCOc3ccccc32)C2CC2)cc1. The van der Waals surface area contributed by atoms with E-state index in [-0.39, 0.29) is 30.8 Å². The third-order valence-electron chi connectivity index (χ3n) is 5.73. The summed E-state index contributed by atoms with van der Waals surface area (Å²) in [6.45, 7) is 4.78. The Morgan fingerprint density at radius 2 is 1.87 bits per heavy atom. The number of para-hydroxylation sites is 2. The number of nitrogens with zero attached hydrogens (tertiary/aromatic N) is 1. The molecule has 1 aliphatic carbocycles. The second-order valence-electron chi connectivity index (χ2n) is 8.77. The molecule has 5 nitrogen and oxygen atoms in total. The number of nitrogens with one attached hydrogen (secondary N) is 1. The molecule has 30 heavy (non-hydrogen) atoms. The Kier molecular flexibility index (Phi) is 6.07. The molecule has 0 bridgehead atoms. The fourth-order valence-corrected chi connectivity index (χ4v) is 4.09. The minimum Gasteiger partial charge on any atom is -0.491 e. The molecule has 5 heteroatoms. The molecule has 2 amide bonds. The van der Waals surface area contributed by atoms with Crippen LogP contribution in [-0.4, -0.2) is 25.0 Å². The van der Waals surface area contributed by atoms with Gasteiger partial charge in [0.15, 0.2) is 0 Å². The van der Waals surface area contributed by atoms with Crippen LogP contribution in [0.5, 0.6) is 5.75 Å². The summed E-state index contributed by atoms with van der Waals surface area (Å²) in [5.41, 5.74) is 3.13. The lowest BCUT2D eigenvalue weighted by molar-refractivity contribution is -0.124. The minimum absolute atomic E-state index is 0.000765. The van der Waals surface area contributed by atoms with Gasteiger partial charge in [-0.3, -0.25) is 14.5 Å². The number of carbonyl (C=O) groups is 2. The lowest BCUT2D eigenvalue weighted by Gasteiger charge is -2.24. The topological polar surface area (TPSA) is 58.6 Å². The molecule has 0 radical (unpaired) electrons. The van der Waals surface area contributed by atoms with E-state index in [4.69, 9.17) is 4.74 Å². The number of fused-ring (bicyclic) bond motifs is 1. The Labute approximate surface area is 178 Å². The van der Waals surface area contributed by atoms with Crippen LogP contribution in [0.4, 0.5) is 5.69 Å². The van der Waals surface area contributed by atoms with E-state index in [0.29, 0.717) is 29.9 Å². The minimum atomic E-state index is -0.136. The van der Waals surface area contributed by atoms with Crippen molar-refractivity contribution < 1.29 is 14.3 Å². The van der Waals surface area contributed by atoms with E-state index in [1.807, 2.05) is 24.3 Å². The van der Waals surface area contributed by atoms with Gasteiger partial charge in [0.1, 0.15) is 12.3 Å². The Balaban J connectivity index is 1.47. The van der Waals surface area contributed by atoms with Gasteiger partial charge in [-0.1, -0.05) is 50.2 Å². The van der Waals surface area contributed by atoms with E-state index in [9.17, 15) is 9.59 Å². The van der Waals surface area contributed by atoms with Crippen LogP contribution in [0.15, 0.2) is 48.5 Å². The first-order chi connectivity index (χ1) is 14.5. The molecule has 0 saturated heterocycles. The highest BCUT2D eigenvalue weighted by atomic mass is 16.5. The van der Waals surface area contributed by atoms with E-state index in [0.717, 1.165) is 24.8 Å². The van der Waals surface area contributed by atoms with Gasteiger partial charge in [0.05, 0.1) is 24.8 Å². The first-order valence-corrected chi connectivity index (χ1v) is 10.9. The molecule has 1 fully saturated rings. The molecule has 2 aliphatic rings. The maximum atomic E-state index is 13.0. The average Bonchev–Trinajstić information content (AvgIpc) is 3.56. The van der Waals surface area contributed by atoms with Gasteiger partial charge >= 0.3 is 0 Å². The van der Waals surface area contributed by atoms with Gasteiger partial charge in [0.2, 0.25) is 11.8 Å². The maximum Gasteiger partial charge on any atom is 0.240 e. The number of carbonyl (C=O) groups excluding carboxylic acids is 2. The summed E-state index contributed by atoms with van der Waals surface area (Å²) < 4.78 is 5.67. The lowest BCUT2D eigenvalue weighted by Crippen LogP contribution is -2.42. The average molecular weight is 407 g/mol. The van der Waals surface area contributed by atoms with Gasteiger partial charge in [-0.15, -0.1) is 0 Å². The fraction of sp³-hybridized carbons (Fsp3) is 0.440. The first-order valence-electron chi connectivity index (χ1n) is 10.9. The molecule has 1 N–H and O–H groups in total. The van der Waals surface area contributed by atoms with Crippen LogP contribution >= 0.6 is 0 Å². The quantitative estimate of drug-likeness (QED) is 0.747. The van der Waals surface area contributed by atoms with E-state index in [1.165, 1.54) is 5.56 Å². The van der Waals surface area contributed by atoms with E-state index < -0.39 is 0 Å². The summed E-state index contributed by atoms with van der Waals surface area (Å²) in [5, 5.41) is 3.20. The van der Waals surface area contributed by atoms with Gasteiger partial charge in [0.25, 0.3) is 0 Å². The normalized spacial score (nSPS) is 17.2. The molecule has 0 aromatic heterocycles. The number of ether oxygens (including phenoxy) is 1. The molecule has 1 atom stereocenters. The van der Waals surface area contributed by atoms with Crippen molar-refractivity contribution in [3.8, 4) is 5.75 Å². The number of rotatable bonds is 7. The van der Waals surface area contributed by atoms with Crippen LogP contribution in [0.25, 0.3) is 0 Å². The van der Waals surface area contributed by atoms with E-state index in [1.54, 1.807) is 4.90 Å². The van der Waals surface area contributed by atoms with Gasteiger partial charge < -0.3 is 10.1 Å². The standard InChI is InChI=1S/C25H30N2O3/c1-17(2)15-18-7-9-19(10-8-18)25(20-11-12-20)26-23(28)16-27-21-5-3-4-6-22(21)30-14-13-24(27)29/h3-10,17,20,25H,11-16H2,1-2H3,(H,26,28). The summed E-state index contributed by atoms with van der Waals surface area (Å²) in [6.07, 6.45) is 3.57. The van der Waals surface area contributed by atoms with Crippen LogP contribution in [0.1, 0.15) is 50.3 Å². The molecule has 1 aliphatic heterocycles. The molecule has 1 unspecified atom stereocenters. The summed E-state index contributed by atoms with van der Waals surface area (Å²) in [5.74, 6) is 1.52. The summed E-state index contributed by atoms with van der Waals surface area (Å²) in [6, 6.07) is 16.0. The number of hydrogen-bond donors (Lipinski definition) is 1. The number of benzene rings is 2. The van der Waals surface area contributed by atoms with Crippen LogP contribution < -0.4 is 15.0 Å². The van der Waals surface area contributed by atoms with Gasteiger partial charge in [0, 0.05) is 0 Å². The van der Waals surface area contributed by atoms with Gasteiger partial charge in [-0.05, 0) is 54.4 Å². The fourth-order valence-electron chi connectivity index (χ4n) is 4.09. The molecule has 2 aromatic rings. The zero-order chi connectivity index (χ0) is 21.1. The second-order valence-corrected chi connectivity index (χ2v) is 8.77. The van der Waals surface area contributed by atoms with Crippen LogP contribution in [0.3, 0.4) is 0 Å². The van der Waals surface area contributed by atoms with Crippen molar-refractivity contribution in [2.75, 3.05) is 18.1 Å². The second kappa shape index (κ2) is 8.90. The molecule has 4 rings (SSSR count). The Hall–Kier alpha value is -2.82. The molecule has 1 saturated carbocycles. The highest BCUT2D eigenvalue weighted by molar-refractivity contribution is 6.00. The van der Waals surface area contributed by atoms with Gasteiger partial charge in [-0.2, -0.15) is 0 Å². The predicted molar refractivity (Wildman–Crippen MR) is 117 cm³/mol. The largest absolute Gasteiger partial charge is 0.491 e. The Morgan fingerprint density at radius 3 is 2.57 bits per heavy atom. The van der Waals surface area contributed by atoms with E-state index >= 15 is 0 Å². The lowest BCUT2D eigenvalue weighted by atomic mass is 9.97. The molecular formula is C25H30N2O3. The van der Waals surface area contributed by atoms with Crippen molar-refractivity contribution in [2.24, 2.45) is 11.8 Å². The van der Waals surface area contributed by atoms with Crippen LogP contribution in [-0.2, 0) is 16.0 Å². The van der Waals surface area contributed by atoms with Crippen molar-refractivity contribution in [2.45, 2.75) is 45.6 Å². The zero-order valence-electron chi connectivity index (χ0n) is 17.8. The van der Waals surface area contributed by atoms with Crippen LogP contribution in [0.2, 0.25) is 0 Å². The molecule has 2 aromatic carbocycles. The Bertz CT molecular complexity index is 903. The summed E-state index contributed by atoms with van der Waals surface area (Å²) >= 11 is 0. The third-order valence-corrected chi connectivity index (χ3v) is 5.73. The highest BCUT2D eigenvalue weighted by Crippen LogP contribution is 2.41. The molecule has 1 heterocycles. The monoisotopic (exact) mass is 406 g/mol. The molecule has 0 spiro atoms. The number of anilines is 1. The summed E-state index contributed by atoms with van der Waals surface area (Å²) in [7, 11) is 0. The third kappa shape index (κ3) is 4.84. The van der Waals surface area contributed by atoms with Crippen molar-refractivity contribution in [3.05, 3.63) is 59.7 Å². The van der Waals surface area contributed by atoms with Crippen molar-refractivity contribution in [1.82, 2.24) is 5.32 Å². The van der Waals surface area contributed by atoms with Crippen molar-refractivity contribution in [1.29, 1.82) is 0 Å². The zero-order valence-corrected chi connectivity index (χ0v) is 17.8.